The molecule has 1 saturated heterocycles. The van der Waals surface area contributed by atoms with Gasteiger partial charge in [0.25, 0.3) is 0 Å². The topological polar surface area (TPSA) is 54.5 Å². The summed E-state index contributed by atoms with van der Waals surface area (Å²) < 4.78 is 5.82. The van der Waals surface area contributed by atoms with Crippen LogP contribution < -0.4 is 10.1 Å². The van der Waals surface area contributed by atoms with Gasteiger partial charge in [0.1, 0.15) is 5.75 Å². The van der Waals surface area contributed by atoms with Crippen LogP contribution >= 0.6 is 0 Å². The van der Waals surface area contributed by atoms with E-state index in [0.717, 1.165) is 43.8 Å². The quantitative estimate of drug-likeness (QED) is 0.904. The van der Waals surface area contributed by atoms with Crippen LogP contribution in [0.15, 0.2) is 48.8 Å². The number of nitrogens with one attached hydrogen (secondary N) is 1. The molecule has 0 radical (unpaired) electrons. The highest BCUT2D eigenvalue weighted by Gasteiger charge is 2.62. The average molecular weight is 349 g/mol. The lowest BCUT2D eigenvalue weighted by atomic mass is 9.87. The minimum atomic E-state index is -0.0176. The van der Waals surface area contributed by atoms with E-state index in [9.17, 15) is 4.79 Å². The van der Waals surface area contributed by atoms with Crippen LogP contribution in [0, 0.1) is 5.92 Å². The predicted octanol–water partition coefficient (Wildman–Crippen LogP) is 2.29. The van der Waals surface area contributed by atoms with E-state index in [4.69, 9.17) is 4.74 Å². The monoisotopic (exact) mass is 349 g/mol. The van der Waals surface area contributed by atoms with Crippen LogP contribution in [0.1, 0.15) is 30.0 Å². The van der Waals surface area contributed by atoms with Crippen LogP contribution in [0.25, 0.3) is 0 Å². The Labute approximate surface area is 153 Å². The lowest BCUT2D eigenvalue weighted by Gasteiger charge is -2.37. The third-order valence-electron chi connectivity index (χ3n) is 6.20. The fraction of sp³-hybridized carbons (Fsp3) is 0.429. The van der Waals surface area contributed by atoms with Crippen molar-refractivity contribution in [2.75, 3.05) is 26.2 Å². The molecule has 2 aliphatic heterocycles. The number of benzene rings is 1. The Balaban J connectivity index is 1.42. The molecule has 1 aromatic carbocycles. The summed E-state index contributed by atoms with van der Waals surface area (Å²) in [7, 11) is 0. The van der Waals surface area contributed by atoms with Crippen molar-refractivity contribution in [2.24, 2.45) is 5.92 Å². The average Bonchev–Trinajstić information content (AvgIpc) is 3.43. The van der Waals surface area contributed by atoms with Crippen LogP contribution in [0.3, 0.4) is 0 Å². The molecule has 2 aromatic rings. The molecule has 1 N–H and O–H groups in total. The summed E-state index contributed by atoms with van der Waals surface area (Å²) in [6.07, 6.45) is 5.53. The first-order valence-corrected chi connectivity index (χ1v) is 9.43. The van der Waals surface area contributed by atoms with E-state index in [2.05, 4.69) is 33.4 Å². The van der Waals surface area contributed by atoms with E-state index in [-0.39, 0.29) is 23.3 Å². The van der Waals surface area contributed by atoms with Gasteiger partial charge in [-0.15, -0.1) is 0 Å². The molecule has 26 heavy (non-hydrogen) atoms. The number of rotatable bonds is 2. The van der Waals surface area contributed by atoms with Crippen molar-refractivity contribution in [1.29, 1.82) is 0 Å². The van der Waals surface area contributed by atoms with Crippen molar-refractivity contribution in [3.05, 3.63) is 59.9 Å². The summed E-state index contributed by atoms with van der Waals surface area (Å²) in [6, 6.07) is 12.3. The van der Waals surface area contributed by atoms with E-state index in [0.29, 0.717) is 6.61 Å². The Bertz CT molecular complexity index is 825. The fourth-order valence-corrected chi connectivity index (χ4v) is 4.72. The maximum absolute atomic E-state index is 13.5. The number of nitrogens with zero attached hydrogens (tertiary/aromatic N) is 2. The number of carbonyl (C=O) groups excluding carboxylic acids is 1. The van der Waals surface area contributed by atoms with E-state index in [1.54, 1.807) is 6.20 Å². The zero-order valence-corrected chi connectivity index (χ0v) is 14.7. The van der Waals surface area contributed by atoms with Gasteiger partial charge >= 0.3 is 0 Å². The second-order valence-corrected chi connectivity index (χ2v) is 7.55. The molecule has 1 amide bonds. The highest BCUT2D eigenvalue weighted by molar-refractivity contribution is 5.85. The number of pyridine rings is 1. The summed E-state index contributed by atoms with van der Waals surface area (Å²) in [5.74, 6) is 1.32. The number of hydrogen-bond donors (Lipinski definition) is 1. The first-order valence-electron chi connectivity index (χ1n) is 9.43. The second-order valence-electron chi connectivity index (χ2n) is 7.55. The summed E-state index contributed by atoms with van der Waals surface area (Å²) >= 11 is 0. The van der Waals surface area contributed by atoms with Gasteiger partial charge in [-0.05, 0) is 30.5 Å². The Morgan fingerprint density at radius 2 is 2.19 bits per heavy atom. The standard InChI is InChI=1S/C21H23N3O2/c25-20(24-10-9-23-14-18(24)15-4-3-8-22-13-15)17-12-21(17)7-11-26-19-6-2-1-5-16(19)21/h1-6,8,13,17-18,23H,7,9-12,14H2. The number of hydrogen-bond acceptors (Lipinski definition) is 4. The minimum absolute atomic E-state index is 0.0176. The van der Waals surface area contributed by atoms with Crippen LogP contribution in [0.4, 0.5) is 0 Å². The summed E-state index contributed by atoms with van der Waals surface area (Å²) in [6.45, 7) is 3.09. The molecule has 3 heterocycles. The summed E-state index contributed by atoms with van der Waals surface area (Å²) in [4.78, 5) is 19.8. The van der Waals surface area contributed by atoms with Crippen molar-refractivity contribution in [3.63, 3.8) is 0 Å². The Morgan fingerprint density at radius 1 is 1.27 bits per heavy atom. The third-order valence-corrected chi connectivity index (χ3v) is 6.20. The predicted molar refractivity (Wildman–Crippen MR) is 97.9 cm³/mol. The molecule has 1 aliphatic carbocycles. The van der Waals surface area contributed by atoms with Gasteiger partial charge in [-0.1, -0.05) is 24.3 Å². The SMILES string of the molecule is O=C(C1CC12CCOc1ccccc12)N1CCNCC1c1cccnc1. The number of ether oxygens (including phenoxy) is 1. The normalized spacial score (nSPS) is 29.8. The van der Waals surface area contributed by atoms with Crippen molar-refractivity contribution >= 4 is 5.91 Å². The molecule has 3 aliphatic rings. The van der Waals surface area contributed by atoms with E-state index >= 15 is 0 Å². The molecule has 3 atom stereocenters. The van der Waals surface area contributed by atoms with Gasteiger partial charge in [-0.3, -0.25) is 9.78 Å². The van der Waals surface area contributed by atoms with Gasteiger partial charge in [-0.25, -0.2) is 0 Å². The molecular formula is C21H23N3O2. The number of piperazine rings is 1. The van der Waals surface area contributed by atoms with Gasteiger partial charge in [0.05, 0.1) is 12.6 Å². The van der Waals surface area contributed by atoms with Gasteiger partial charge < -0.3 is 15.0 Å². The molecule has 5 rings (SSSR count). The Hall–Kier alpha value is -2.40. The second kappa shape index (κ2) is 6.09. The van der Waals surface area contributed by atoms with Gasteiger partial charge in [-0.2, -0.15) is 0 Å². The third kappa shape index (κ3) is 2.42. The molecule has 1 saturated carbocycles. The van der Waals surface area contributed by atoms with Crippen molar-refractivity contribution in [3.8, 4) is 5.75 Å². The van der Waals surface area contributed by atoms with Crippen LogP contribution in [-0.4, -0.2) is 42.0 Å². The van der Waals surface area contributed by atoms with Gasteiger partial charge in [0.15, 0.2) is 0 Å². The fourth-order valence-electron chi connectivity index (χ4n) is 4.72. The number of aromatic nitrogens is 1. The summed E-state index contributed by atoms with van der Waals surface area (Å²) in [5.41, 5.74) is 2.31. The lowest BCUT2D eigenvalue weighted by Crippen LogP contribution is -2.50. The highest BCUT2D eigenvalue weighted by atomic mass is 16.5. The maximum Gasteiger partial charge on any atom is 0.227 e. The molecule has 134 valence electrons. The Kier molecular flexibility index (Phi) is 3.71. The zero-order valence-electron chi connectivity index (χ0n) is 14.7. The highest BCUT2D eigenvalue weighted by Crippen LogP contribution is 2.61. The first kappa shape index (κ1) is 15.8. The first-order chi connectivity index (χ1) is 12.8. The van der Waals surface area contributed by atoms with Crippen LogP contribution in [0.5, 0.6) is 5.75 Å². The summed E-state index contributed by atoms with van der Waals surface area (Å²) in [5, 5.41) is 3.42. The van der Waals surface area contributed by atoms with Gasteiger partial charge in [0, 0.05) is 48.9 Å². The molecule has 2 fully saturated rings. The van der Waals surface area contributed by atoms with Crippen molar-refractivity contribution in [2.45, 2.75) is 24.3 Å². The van der Waals surface area contributed by atoms with Crippen LogP contribution in [0.2, 0.25) is 0 Å². The smallest absolute Gasteiger partial charge is 0.227 e. The maximum atomic E-state index is 13.5. The molecular weight excluding hydrogens is 326 g/mol. The number of para-hydroxylation sites is 1. The lowest BCUT2D eigenvalue weighted by molar-refractivity contribution is -0.136. The minimum Gasteiger partial charge on any atom is -0.493 e. The molecule has 0 bridgehead atoms. The van der Waals surface area contributed by atoms with Crippen LogP contribution in [-0.2, 0) is 10.2 Å². The molecule has 5 heteroatoms. The van der Waals surface area contributed by atoms with Crippen molar-refractivity contribution < 1.29 is 9.53 Å². The zero-order chi connectivity index (χ0) is 17.6. The van der Waals surface area contributed by atoms with E-state index in [1.165, 1.54) is 5.56 Å². The van der Waals surface area contributed by atoms with E-state index < -0.39 is 0 Å². The number of fused-ring (bicyclic) bond motifs is 2. The molecule has 1 spiro atoms. The van der Waals surface area contributed by atoms with E-state index in [1.807, 2.05) is 24.4 Å². The molecule has 1 aromatic heterocycles. The van der Waals surface area contributed by atoms with Crippen molar-refractivity contribution in [1.82, 2.24) is 15.2 Å². The molecule has 5 nitrogen and oxygen atoms in total. The Morgan fingerprint density at radius 3 is 3.08 bits per heavy atom. The number of amides is 1. The molecule has 3 unspecified atom stereocenters. The van der Waals surface area contributed by atoms with Gasteiger partial charge in [0.2, 0.25) is 5.91 Å². The largest absolute Gasteiger partial charge is 0.493 e. The number of carbonyl (C=O) groups is 1.